The summed E-state index contributed by atoms with van der Waals surface area (Å²) in [6.07, 6.45) is 2.34. The Labute approximate surface area is 175 Å². The van der Waals surface area contributed by atoms with Crippen LogP contribution in [-0.2, 0) is 20.9 Å². The van der Waals surface area contributed by atoms with Crippen LogP contribution in [0.3, 0.4) is 0 Å². The minimum Gasteiger partial charge on any atom is -0.497 e. The molecular formula is C24H36O5. The second-order valence-corrected chi connectivity index (χ2v) is 8.75. The molecule has 1 saturated heterocycles. The predicted molar refractivity (Wildman–Crippen MR) is 114 cm³/mol. The number of ether oxygens (including phenoxy) is 3. The maximum absolute atomic E-state index is 12.8. The average molecular weight is 405 g/mol. The molecule has 5 atom stereocenters. The lowest BCUT2D eigenvalue weighted by molar-refractivity contribution is -0.202. The number of esters is 1. The molecule has 1 heterocycles. The number of carbonyl (C=O) groups excluding carboxylic acids is 1. The Morgan fingerprint density at radius 2 is 1.97 bits per heavy atom. The van der Waals surface area contributed by atoms with E-state index in [1.54, 1.807) is 7.11 Å². The summed E-state index contributed by atoms with van der Waals surface area (Å²) < 4.78 is 16.8. The number of hydrogen-bond acceptors (Lipinski definition) is 5. The summed E-state index contributed by atoms with van der Waals surface area (Å²) in [4.78, 5) is 12.8. The van der Waals surface area contributed by atoms with Crippen molar-refractivity contribution in [2.24, 2.45) is 17.3 Å². The van der Waals surface area contributed by atoms with Gasteiger partial charge in [-0.3, -0.25) is 4.79 Å². The van der Waals surface area contributed by atoms with E-state index in [1.165, 1.54) is 5.57 Å². The van der Waals surface area contributed by atoms with Crippen LogP contribution >= 0.6 is 0 Å². The quantitative estimate of drug-likeness (QED) is 0.484. The summed E-state index contributed by atoms with van der Waals surface area (Å²) in [5, 5.41) is 10.9. The van der Waals surface area contributed by atoms with Crippen molar-refractivity contribution in [1.29, 1.82) is 0 Å². The number of aliphatic hydroxyl groups is 1. The normalized spacial score (nSPS) is 27.8. The van der Waals surface area contributed by atoms with Crippen molar-refractivity contribution in [2.75, 3.05) is 13.7 Å². The Bertz CT molecular complexity index is 692. The third kappa shape index (κ3) is 5.83. The van der Waals surface area contributed by atoms with E-state index in [1.807, 2.05) is 58.9 Å². The minimum absolute atomic E-state index is 0.0100. The van der Waals surface area contributed by atoms with E-state index >= 15 is 0 Å². The minimum atomic E-state index is -0.870. The average Bonchev–Trinajstić information content (AvgIpc) is 2.69. The van der Waals surface area contributed by atoms with E-state index in [4.69, 9.17) is 14.2 Å². The van der Waals surface area contributed by atoms with Crippen LogP contribution in [0.5, 0.6) is 5.75 Å². The van der Waals surface area contributed by atoms with Crippen molar-refractivity contribution in [3.63, 3.8) is 0 Å². The second kappa shape index (κ2) is 10.3. The monoisotopic (exact) mass is 404 g/mol. The van der Waals surface area contributed by atoms with Gasteiger partial charge in [-0.25, -0.2) is 0 Å². The molecule has 0 radical (unpaired) electrons. The zero-order chi connectivity index (χ0) is 21.6. The molecule has 2 rings (SSSR count). The summed E-state index contributed by atoms with van der Waals surface area (Å²) in [5.41, 5.74) is 1.39. The summed E-state index contributed by atoms with van der Waals surface area (Å²) >= 11 is 0. The number of carbonyl (C=O) groups is 1. The van der Waals surface area contributed by atoms with Crippen LogP contribution in [0.1, 0.15) is 53.0 Å². The number of benzene rings is 1. The third-order valence-corrected chi connectivity index (χ3v) is 5.96. The van der Waals surface area contributed by atoms with Crippen molar-refractivity contribution >= 4 is 5.97 Å². The van der Waals surface area contributed by atoms with E-state index in [2.05, 4.69) is 6.08 Å². The van der Waals surface area contributed by atoms with Crippen molar-refractivity contribution in [1.82, 2.24) is 0 Å². The van der Waals surface area contributed by atoms with Gasteiger partial charge in [0.25, 0.3) is 0 Å². The molecule has 1 aliphatic rings. The standard InChI is InChI=1S/C24H36O5/c1-16(2)8-7-13-24(5)22(25)18(4)21(29-23(24)26)17(3)14-28-15-19-9-11-20(27-6)12-10-19/h8-12,17-18,21-22,25H,7,13-15H2,1-6H3/t17-,18+,21-,22+,24+/m0/s1. The van der Waals surface area contributed by atoms with Gasteiger partial charge in [-0.1, -0.05) is 37.6 Å². The molecule has 5 nitrogen and oxygen atoms in total. The SMILES string of the molecule is COc1ccc(COC[C@H](C)[C@@H]2OC(=O)[C@](C)(CCC=C(C)C)[C@H](O)[C@@H]2C)cc1. The molecule has 0 aromatic heterocycles. The molecule has 0 unspecified atom stereocenters. The second-order valence-electron chi connectivity index (χ2n) is 8.75. The first kappa shape index (κ1) is 23.4. The summed E-state index contributed by atoms with van der Waals surface area (Å²) in [6, 6.07) is 7.74. The number of aliphatic hydroxyl groups excluding tert-OH is 1. The fourth-order valence-corrected chi connectivity index (χ4v) is 3.97. The van der Waals surface area contributed by atoms with Gasteiger partial charge in [-0.05, 0) is 51.3 Å². The Kier molecular flexibility index (Phi) is 8.29. The zero-order valence-electron chi connectivity index (χ0n) is 18.6. The molecule has 29 heavy (non-hydrogen) atoms. The maximum Gasteiger partial charge on any atom is 0.314 e. The van der Waals surface area contributed by atoms with Gasteiger partial charge in [0, 0.05) is 11.8 Å². The molecule has 0 aliphatic carbocycles. The van der Waals surface area contributed by atoms with E-state index in [0.717, 1.165) is 17.7 Å². The van der Waals surface area contributed by atoms with Crippen LogP contribution in [0.25, 0.3) is 0 Å². The highest BCUT2D eigenvalue weighted by Gasteiger charge is 2.52. The molecule has 1 aromatic rings. The third-order valence-electron chi connectivity index (χ3n) is 5.96. The van der Waals surface area contributed by atoms with Crippen LogP contribution in [-0.4, -0.2) is 37.0 Å². The molecule has 1 aromatic carbocycles. The smallest absolute Gasteiger partial charge is 0.314 e. The molecule has 1 aliphatic heterocycles. The molecule has 0 spiro atoms. The number of rotatable bonds is 9. The van der Waals surface area contributed by atoms with Gasteiger partial charge >= 0.3 is 5.97 Å². The lowest BCUT2D eigenvalue weighted by atomic mass is 9.70. The Balaban J connectivity index is 1.91. The molecule has 0 saturated carbocycles. The Hall–Kier alpha value is -1.85. The van der Waals surface area contributed by atoms with Crippen molar-refractivity contribution in [3.05, 3.63) is 41.5 Å². The Morgan fingerprint density at radius 1 is 1.31 bits per heavy atom. The lowest BCUT2D eigenvalue weighted by Gasteiger charge is -2.45. The molecule has 5 heteroatoms. The molecule has 162 valence electrons. The fourth-order valence-electron chi connectivity index (χ4n) is 3.97. The lowest BCUT2D eigenvalue weighted by Crippen LogP contribution is -2.56. The highest BCUT2D eigenvalue weighted by atomic mass is 16.6. The summed E-state index contributed by atoms with van der Waals surface area (Å²) in [5.74, 6) is 0.345. The highest BCUT2D eigenvalue weighted by molar-refractivity contribution is 5.78. The van der Waals surface area contributed by atoms with Gasteiger partial charge in [-0.15, -0.1) is 0 Å². The van der Waals surface area contributed by atoms with E-state index in [-0.39, 0.29) is 23.9 Å². The summed E-state index contributed by atoms with van der Waals surface area (Å²) in [6.45, 7) is 10.8. The highest BCUT2D eigenvalue weighted by Crippen LogP contribution is 2.41. The van der Waals surface area contributed by atoms with E-state index in [9.17, 15) is 9.90 Å². The van der Waals surface area contributed by atoms with Gasteiger partial charge in [-0.2, -0.15) is 0 Å². The first-order chi connectivity index (χ1) is 13.7. The largest absolute Gasteiger partial charge is 0.497 e. The first-order valence-electron chi connectivity index (χ1n) is 10.4. The number of hydrogen-bond donors (Lipinski definition) is 1. The molecule has 1 fully saturated rings. The van der Waals surface area contributed by atoms with Crippen LogP contribution < -0.4 is 4.74 Å². The zero-order valence-corrected chi connectivity index (χ0v) is 18.6. The van der Waals surface area contributed by atoms with Crippen molar-refractivity contribution < 1.29 is 24.1 Å². The Morgan fingerprint density at radius 3 is 2.55 bits per heavy atom. The van der Waals surface area contributed by atoms with Gasteiger partial charge in [0.15, 0.2) is 0 Å². The predicted octanol–water partition coefficient (Wildman–Crippen LogP) is 4.52. The molecule has 1 N–H and O–H groups in total. The summed E-state index contributed by atoms with van der Waals surface area (Å²) in [7, 11) is 1.64. The first-order valence-corrected chi connectivity index (χ1v) is 10.4. The van der Waals surface area contributed by atoms with E-state index in [0.29, 0.717) is 19.6 Å². The van der Waals surface area contributed by atoms with E-state index < -0.39 is 11.5 Å². The molecule has 0 bridgehead atoms. The van der Waals surface area contributed by atoms with Gasteiger partial charge in [0.2, 0.25) is 0 Å². The van der Waals surface area contributed by atoms with Crippen LogP contribution in [0, 0.1) is 17.3 Å². The van der Waals surface area contributed by atoms with Crippen LogP contribution in [0.2, 0.25) is 0 Å². The number of allylic oxidation sites excluding steroid dienone is 2. The topological polar surface area (TPSA) is 65.0 Å². The van der Waals surface area contributed by atoms with Crippen molar-refractivity contribution in [3.8, 4) is 5.75 Å². The van der Waals surface area contributed by atoms with Crippen LogP contribution in [0.4, 0.5) is 0 Å². The molecular weight excluding hydrogens is 368 g/mol. The van der Waals surface area contributed by atoms with Gasteiger partial charge in [0.05, 0.1) is 31.8 Å². The van der Waals surface area contributed by atoms with Crippen molar-refractivity contribution in [2.45, 2.75) is 66.3 Å². The van der Waals surface area contributed by atoms with Gasteiger partial charge < -0.3 is 19.3 Å². The van der Waals surface area contributed by atoms with Gasteiger partial charge in [0.1, 0.15) is 11.9 Å². The fraction of sp³-hybridized carbons (Fsp3) is 0.625. The number of cyclic esters (lactones) is 1. The molecule has 0 amide bonds. The van der Waals surface area contributed by atoms with Crippen LogP contribution in [0.15, 0.2) is 35.9 Å². The number of methoxy groups -OCH3 is 1. The maximum atomic E-state index is 12.8.